The molecule has 0 aromatic heterocycles. The lowest BCUT2D eigenvalue weighted by Gasteiger charge is -2.37. The maximum absolute atomic E-state index is 6.39. The van der Waals surface area contributed by atoms with Crippen molar-refractivity contribution in [3.05, 3.63) is 0 Å². The maximum Gasteiger partial charge on any atom is 0.192 e. The number of nitrogens with one attached hydrogen (secondary N) is 2. The molecule has 0 radical (unpaired) electrons. The summed E-state index contributed by atoms with van der Waals surface area (Å²) in [7, 11) is -3.34. The molecule has 0 unspecified atom stereocenters. The average molecular weight is 433 g/mol. The highest BCUT2D eigenvalue weighted by Crippen LogP contribution is 2.37. The van der Waals surface area contributed by atoms with Gasteiger partial charge in [-0.25, -0.2) is 0 Å². The third-order valence-corrected chi connectivity index (χ3v) is 15.9. The van der Waals surface area contributed by atoms with E-state index in [1.165, 1.54) is 0 Å². The molecule has 0 saturated heterocycles. The lowest BCUT2D eigenvalue weighted by atomic mass is 10.2. The van der Waals surface area contributed by atoms with Crippen LogP contribution < -0.4 is 10.6 Å². The Morgan fingerprint density at radius 2 is 0.929 bits per heavy atom. The van der Waals surface area contributed by atoms with Crippen LogP contribution in [0.1, 0.15) is 68.2 Å². The second kappa shape index (κ2) is 11.6. The molecule has 0 fully saturated rings. The molecule has 0 aromatic carbocycles. The Hall–Kier alpha value is 0.274. The quantitative estimate of drug-likeness (QED) is 0.286. The molecule has 4 nitrogen and oxygen atoms in total. The van der Waals surface area contributed by atoms with E-state index >= 15 is 0 Å². The largest absolute Gasteiger partial charge is 0.415 e. The van der Waals surface area contributed by atoms with E-state index in [4.69, 9.17) is 8.85 Å². The SMILES string of the molecule is CC[C@@H](CO[Si](C)(C)C(C)(C)C)NCCN[C@@H](CC)CO[Si](C)(C)C(C)(C)C. The maximum atomic E-state index is 6.39. The first kappa shape index (κ1) is 28.3. The second-order valence-electron chi connectivity index (χ2n) is 11.3. The summed E-state index contributed by atoms with van der Waals surface area (Å²) in [4.78, 5) is 0. The summed E-state index contributed by atoms with van der Waals surface area (Å²) in [6.45, 7) is 31.2. The number of rotatable bonds is 13. The van der Waals surface area contributed by atoms with Crippen molar-refractivity contribution in [3.63, 3.8) is 0 Å². The zero-order valence-corrected chi connectivity index (χ0v) is 23.2. The van der Waals surface area contributed by atoms with Gasteiger partial charge in [-0.15, -0.1) is 0 Å². The van der Waals surface area contributed by atoms with Crippen molar-refractivity contribution in [2.75, 3.05) is 26.3 Å². The molecule has 170 valence electrons. The van der Waals surface area contributed by atoms with E-state index in [2.05, 4.69) is 92.2 Å². The molecular formula is C22H52N2O2Si2. The molecule has 0 aliphatic heterocycles. The van der Waals surface area contributed by atoms with Crippen LogP contribution in [0.2, 0.25) is 36.3 Å². The van der Waals surface area contributed by atoms with Crippen LogP contribution in [0.15, 0.2) is 0 Å². The van der Waals surface area contributed by atoms with E-state index in [0.717, 1.165) is 39.1 Å². The van der Waals surface area contributed by atoms with Crippen molar-refractivity contribution in [3.8, 4) is 0 Å². The Labute approximate surface area is 179 Å². The van der Waals surface area contributed by atoms with Crippen LogP contribution in [0.5, 0.6) is 0 Å². The molecule has 0 rings (SSSR count). The minimum Gasteiger partial charge on any atom is -0.415 e. The minimum absolute atomic E-state index is 0.269. The van der Waals surface area contributed by atoms with E-state index in [0.29, 0.717) is 12.1 Å². The summed E-state index contributed by atoms with van der Waals surface area (Å²) in [5.74, 6) is 0. The number of hydrogen-bond acceptors (Lipinski definition) is 4. The molecule has 0 spiro atoms. The summed E-state index contributed by atoms with van der Waals surface area (Å²) in [5.41, 5.74) is 0. The van der Waals surface area contributed by atoms with Crippen molar-refractivity contribution in [2.45, 2.75) is 117 Å². The lowest BCUT2D eigenvalue weighted by Crippen LogP contribution is -2.47. The molecular weight excluding hydrogens is 380 g/mol. The predicted octanol–water partition coefficient (Wildman–Crippen LogP) is 5.77. The average Bonchev–Trinajstić information content (AvgIpc) is 2.54. The highest BCUT2D eigenvalue weighted by Gasteiger charge is 2.38. The van der Waals surface area contributed by atoms with Crippen LogP contribution in [0, 0.1) is 0 Å². The zero-order valence-electron chi connectivity index (χ0n) is 21.2. The van der Waals surface area contributed by atoms with E-state index < -0.39 is 16.6 Å². The summed E-state index contributed by atoms with van der Waals surface area (Å²) in [6, 6.07) is 0.860. The monoisotopic (exact) mass is 432 g/mol. The Balaban J connectivity index is 4.28. The third-order valence-electron chi connectivity index (χ3n) is 6.88. The van der Waals surface area contributed by atoms with Gasteiger partial charge in [-0.1, -0.05) is 55.4 Å². The summed E-state index contributed by atoms with van der Waals surface area (Å²) < 4.78 is 12.8. The van der Waals surface area contributed by atoms with Crippen LogP contribution in [-0.4, -0.2) is 55.0 Å². The van der Waals surface area contributed by atoms with Gasteiger partial charge in [-0.2, -0.15) is 0 Å². The fourth-order valence-electron chi connectivity index (χ4n) is 2.25. The van der Waals surface area contributed by atoms with Crippen molar-refractivity contribution in [1.29, 1.82) is 0 Å². The van der Waals surface area contributed by atoms with Gasteiger partial charge >= 0.3 is 0 Å². The molecule has 2 atom stereocenters. The molecule has 0 saturated carbocycles. The van der Waals surface area contributed by atoms with Crippen molar-refractivity contribution in [1.82, 2.24) is 10.6 Å². The van der Waals surface area contributed by atoms with Crippen LogP contribution in [0.25, 0.3) is 0 Å². The van der Waals surface area contributed by atoms with E-state index in [1.807, 2.05) is 0 Å². The summed E-state index contributed by atoms with van der Waals surface area (Å²) >= 11 is 0. The van der Waals surface area contributed by atoms with E-state index in [-0.39, 0.29) is 10.1 Å². The Morgan fingerprint density at radius 1 is 0.643 bits per heavy atom. The van der Waals surface area contributed by atoms with Gasteiger partial charge in [0.15, 0.2) is 16.6 Å². The molecule has 2 N–H and O–H groups in total. The fourth-order valence-corrected chi connectivity index (χ4v) is 4.35. The lowest BCUT2D eigenvalue weighted by molar-refractivity contribution is 0.229. The van der Waals surface area contributed by atoms with Crippen LogP contribution in [0.3, 0.4) is 0 Å². The molecule has 6 heteroatoms. The first-order valence-corrected chi connectivity index (χ1v) is 17.1. The molecule has 0 heterocycles. The Kier molecular flexibility index (Phi) is 11.7. The normalized spacial score (nSPS) is 16.3. The molecule has 0 bridgehead atoms. The van der Waals surface area contributed by atoms with Gasteiger partial charge in [-0.05, 0) is 49.1 Å². The first-order valence-electron chi connectivity index (χ1n) is 11.3. The second-order valence-corrected chi connectivity index (χ2v) is 20.9. The van der Waals surface area contributed by atoms with Crippen LogP contribution in [-0.2, 0) is 8.85 Å². The standard InChI is InChI=1S/C22H52N2O2Si2/c1-13-19(17-25-27(9,10)21(3,4)5)23-15-16-24-20(14-2)18-26-28(11,12)22(6,7)8/h19-20,23-24H,13-18H2,1-12H3/t19-,20-/m0/s1. The third kappa shape index (κ3) is 9.85. The molecule has 0 amide bonds. The van der Waals surface area contributed by atoms with Crippen LogP contribution in [0.4, 0.5) is 0 Å². The molecule has 0 aromatic rings. The van der Waals surface area contributed by atoms with Gasteiger partial charge in [0.1, 0.15) is 0 Å². The van der Waals surface area contributed by atoms with Gasteiger partial charge in [0.2, 0.25) is 0 Å². The van der Waals surface area contributed by atoms with E-state index in [9.17, 15) is 0 Å². The summed E-state index contributed by atoms with van der Waals surface area (Å²) in [6.07, 6.45) is 2.20. The van der Waals surface area contributed by atoms with Gasteiger partial charge < -0.3 is 19.5 Å². The van der Waals surface area contributed by atoms with Gasteiger partial charge in [0.05, 0.1) is 0 Å². The first-order chi connectivity index (χ1) is 12.6. The van der Waals surface area contributed by atoms with Crippen molar-refractivity contribution >= 4 is 16.6 Å². The zero-order chi connectivity index (χ0) is 22.2. The summed E-state index contributed by atoms with van der Waals surface area (Å²) in [5, 5.41) is 7.88. The van der Waals surface area contributed by atoms with Crippen LogP contribution >= 0.6 is 0 Å². The highest BCUT2D eigenvalue weighted by atomic mass is 28.4. The minimum atomic E-state index is -1.67. The van der Waals surface area contributed by atoms with E-state index in [1.54, 1.807) is 0 Å². The molecule has 0 aliphatic rings. The number of hydrogen-bond donors (Lipinski definition) is 2. The Morgan fingerprint density at radius 3 is 1.14 bits per heavy atom. The topological polar surface area (TPSA) is 42.5 Å². The smallest absolute Gasteiger partial charge is 0.192 e. The molecule has 0 aliphatic carbocycles. The molecule has 28 heavy (non-hydrogen) atoms. The van der Waals surface area contributed by atoms with Gasteiger partial charge in [0, 0.05) is 38.4 Å². The van der Waals surface area contributed by atoms with Gasteiger partial charge in [0.25, 0.3) is 0 Å². The van der Waals surface area contributed by atoms with Crippen molar-refractivity contribution in [2.24, 2.45) is 0 Å². The highest BCUT2D eigenvalue weighted by molar-refractivity contribution is 6.74. The predicted molar refractivity (Wildman–Crippen MR) is 130 cm³/mol. The fraction of sp³-hybridized carbons (Fsp3) is 1.00. The van der Waals surface area contributed by atoms with Crippen molar-refractivity contribution < 1.29 is 8.85 Å². The van der Waals surface area contributed by atoms with Gasteiger partial charge in [-0.3, -0.25) is 0 Å². The Bertz CT molecular complexity index is 389.